The Morgan fingerprint density at radius 1 is 1.00 bits per heavy atom. The predicted molar refractivity (Wildman–Crippen MR) is 105 cm³/mol. The fourth-order valence-electron chi connectivity index (χ4n) is 3.70. The Hall–Kier alpha value is -2.94. The van der Waals surface area contributed by atoms with Gasteiger partial charge in [-0.1, -0.05) is 41.5 Å². The highest BCUT2D eigenvalue weighted by Gasteiger charge is 2.19. The minimum Gasteiger partial charge on any atom is -0.497 e. The number of aryl methyl sites for hydroxylation is 2. The first-order valence-electron chi connectivity index (χ1n) is 8.87. The van der Waals surface area contributed by atoms with E-state index in [1.54, 1.807) is 13.4 Å². The molecule has 1 aromatic heterocycles. The second kappa shape index (κ2) is 6.75. The third-order valence-electron chi connectivity index (χ3n) is 4.82. The van der Waals surface area contributed by atoms with Crippen LogP contribution in [0.5, 0.6) is 5.75 Å². The van der Waals surface area contributed by atoms with E-state index in [0.29, 0.717) is 0 Å². The van der Waals surface area contributed by atoms with Gasteiger partial charge in [-0.05, 0) is 48.8 Å². The molecule has 0 N–H and O–H groups in total. The summed E-state index contributed by atoms with van der Waals surface area (Å²) in [6.45, 7) is 4.28. The fraction of sp³-hybridized carbons (Fsp3) is 0.217. The van der Waals surface area contributed by atoms with E-state index in [0.717, 1.165) is 30.0 Å². The first kappa shape index (κ1) is 16.5. The molecule has 3 aromatic rings. The molecule has 26 heavy (non-hydrogen) atoms. The first-order valence-corrected chi connectivity index (χ1v) is 8.87. The summed E-state index contributed by atoms with van der Waals surface area (Å²) in [6.07, 6.45) is 5.60. The number of rotatable bonds is 4. The summed E-state index contributed by atoms with van der Waals surface area (Å²) in [4.78, 5) is 9.11. The number of fused-ring (bicyclic) bond motifs is 1. The molecule has 4 rings (SSSR count). The van der Waals surface area contributed by atoms with Gasteiger partial charge in [-0.2, -0.15) is 0 Å². The van der Waals surface area contributed by atoms with Crippen LogP contribution in [0.15, 0.2) is 48.8 Å². The Labute approximate surface area is 154 Å². The highest BCUT2D eigenvalue weighted by molar-refractivity contribution is 5.88. The quantitative estimate of drug-likeness (QED) is 0.684. The van der Waals surface area contributed by atoms with Crippen molar-refractivity contribution in [2.24, 2.45) is 0 Å². The minimum atomic E-state index is 0.829. The largest absolute Gasteiger partial charge is 0.497 e. The van der Waals surface area contributed by atoms with Crippen LogP contribution in [-0.4, -0.2) is 17.1 Å². The molecule has 1 aliphatic carbocycles. The maximum Gasteiger partial charge on any atom is 0.119 e. The molecule has 0 amide bonds. The lowest BCUT2D eigenvalue weighted by Crippen LogP contribution is -2.00. The lowest BCUT2D eigenvalue weighted by Gasteiger charge is -2.08. The maximum atomic E-state index is 5.36. The molecular formula is C23H22N2O. The van der Waals surface area contributed by atoms with Gasteiger partial charge in [-0.25, -0.2) is 9.97 Å². The van der Waals surface area contributed by atoms with Gasteiger partial charge < -0.3 is 4.74 Å². The number of aromatic nitrogens is 2. The van der Waals surface area contributed by atoms with Gasteiger partial charge in [0.15, 0.2) is 0 Å². The average Bonchev–Trinajstić information content (AvgIpc) is 3.06. The molecule has 2 aromatic carbocycles. The van der Waals surface area contributed by atoms with E-state index in [4.69, 9.17) is 4.74 Å². The molecule has 1 heterocycles. The number of ether oxygens (including phenoxy) is 1. The van der Waals surface area contributed by atoms with Crippen LogP contribution in [0.25, 0.3) is 11.6 Å². The summed E-state index contributed by atoms with van der Waals surface area (Å²) < 4.78 is 5.36. The van der Waals surface area contributed by atoms with Crippen molar-refractivity contribution >= 4 is 11.6 Å². The molecule has 0 bridgehead atoms. The van der Waals surface area contributed by atoms with Gasteiger partial charge in [0.2, 0.25) is 0 Å². The van der Waals surface area contributed by atoms with Crippen molar-refractivity contribution in [3.8, 4) is 5.75 Å². The minimum absolute atomic E-state index is 0.829. The first-order chi connectivity index (χ1) is 12.6. The van der Waals surface area contributed by atoms with E-state index in [1.807, 2.05) is 12.1 Å². The Balaban J connectivity index is 1.69. The lowest BCUT2D eigenvalue weighted by molar-refractivity contribution is 0.414. The predicted octanol–water partition coefficient (Wildman–Crippen LogP) is 4.79. The topological polar surface area (TPSA) is 35.0 Å². The van der Waals surface area contributed by atoms with Crippen LogP contribution in [-0.2, 0) is 12.8 Å². The highest BCUT2D eigenvalue weighted by Crippen LogP contribution is 2.33. The summed E-state index contributed by atoms with van der Waals surface area (Å²) in [5, 5.41) is 0. The Bertz CT molecular complexity index is 985. The summed E-state index contributed by atoms with van der Waals surface area (Å²) >= 11 is 0. The number of hydrogen-bond acceptors (Lipinski definition) is 3. The highest BCUT2D eigenvalue weighted by atomic mass is 16.5. The van der Waals surface area contributed by atoms with Crippen LogP contribution in [0.4, 0.5) is 0 Å². The van der Waals surface area contributed by atoms with Crippen molar-refractivity contribution in [1.29, 1.82) is 0 Å². The van der Waals surface area contributed by atoms with E-state index in [9.17, 15) is 0 Å². The Morgan fingerprint density at radius 3 is 2.58 bits per heavy atom. The summed E-state index contributed by atoms with van der Waals surface area (Å²) in [7, 11) is 1.70. The molecule has 0 saturated heterocycles. The van der Waals surface area contributed by atoms with Gasteiger partial charge in [-0.3, -0.25) is 0 Å². The molecule has 0 atom stereocenters. The fourth-order valence-corrected chi connectivity index (χ4v) is 3.70. The number of nitrogens with zero attached hydrogens (tertiary/aromatic N) is 2. The molecule has 0 fully saturated rings. The van der Waals surface area contributed by atoms with Crippen LogP contribution in [0, 0.1) is 13.8 Å². The smallest absolute Gasteiger partial charge is 0.119 e. The third kappa shape index (κ3) is 3.25. The van der Waals surface area contributed by atoms with Crippen molar-refractivity contribution < 1.29 is 4.74 Å². The second-order valence-corrected chi connectivity index (χ2v) is 6.93. The Kier molecular flexibility index (Phi) is 4.29. The van der Waals surface area contributed by atoms with Crippen molar-refractivity contribution in [1.82, 2.24) is 9.97 Å². The van der Waals surface area contributed by atoms with Crippen LogP contribution >= 0.6 is 0 Å². The molecule has 3 heteroatoms. The number of methoxy groups -OCH3 is 1. The van der Waals surface area contributed by atoms with Crippen LogP contribution in [0.1, 0.15) is 39.2 Å². The summed E-state index contributed by atoms with van der Waals surface area (Å²) in [5.41, 5.74) is 9.70. The molecule has 0 radical (unpaired) electrons. The van der Waals surface area contributed by atoms with Crippen LogP contribution < -0.4 is 4.74 Å². The van der Waals surface area contributed by atoms with Crippen molar-refractivity contribution in [2.75, 3.05) is 7.11 Å². The molecule has 0 unspecified atom stereocenters. The summed E-state index contributed by atoms with van der Waals surface area (Å²) in [5.74, 6) is 0.876. The number of allylic oxidation sites excluding steroid dienone is 1. The van der Waals surface area contributed by atoms with Gasteiger partial charge in [0.25, 0.3) is 0 Å². The van der Waals surface area contributed by atoms with Gasteiger partial charge in [0, 0.05) is 18.4 Å². The van der Waals surface area contributed by atoms with Gasteiger partial charge in [-0.15, -0.1) is 0 Å². The van der Waals surface area contributed by atoms with Crippen molar-refractivity contribution in [3.63, 3.8) is 0 Å². The van der Waals surface area contributed by atoms with Gasteiger partial charge in [0.1, 0.15) is 12.1 Å². The number of hydrogen-bond donors (Lipinski definition) is 0. The standard InChI is InChI=1S/C23H22N2O/c1-15-7-16(2)9-17(8-15)10-22-21-12-19(13-23(21)25-14-24-22)18-5-4-6-20(11-18)26-3/h4-9,11-12,14H,10,13H2,1-3H3. The lowest BCUT2D eigenvalue weighted by atomic mass is 10.0. The van der Waals surface area contributed by atoms with Gasteiger partial charge >= 0.3 is 0 Å². The SMILES string of the molecule is COc1cccc(C2=Cc3c(ncnc3Cc3cc(C)cc(C)c3)C2)c1. The summed E-state index contributed by atoms with van der Waals surface area (Å²) in [6, 6.07) is 14.9. The molecule has 3 nitrogen and oxygen atoms in total. The molecule has 0 saturated carbocycles. The van der Waals surface area contributed by atoms with E-state index in [1.165, 1.54) is 33.4 Å². The van der Waals surface area contributed by atoms with E-state index < -0.39 is 0 Å². The Morgan fingerprint density at radius 2 is 1.81 bits per heavy atom. The maximum absolute atomic E-state index is 5.36. The van der Waals surface area contributed by atoms with Crippen molar-refractivity contribution in [3.05, 3.63) is 88.0 Å². The molecule has 0 aliphatic heterocycles. The molecular weight excluding hydrogens is 320 g/mol. The zero-order chi connectivity index (χ0) is 18.1. The second-order valence-electron chi connectivity index (χ2n) is 6.93. The third-order valence-corrected chi connectivity index (χ3v) is 4.82. The van der Waals surface area contributed by atoms with Gasteiger partial charge in [0.05, 0.1) is 18.5 Å². The molecule has 1 aliphatic rings. The van der Waals surface area contributed by atoms with Crippen molar-refractivity contribution in [2.45, 2.75) is 26.7 Å². The number of benzene rings is 2. The van der Waals surface area contributed by atoms with Crippen LogP contribution in [0.3, 0.4) is 0 Å². The zero-order valence-electron chi connectivity index (χ0n) is 15.4. The molecule has 0 spiro atoms. The normalized spacial score (nSPS) is 12.7. The van der Waals surface area contributed by atoms with E-state index in [2.05, 4.69) is 60.2 Å². The van der Waals surface area contributed by atoms with E-state index in [-0.39, 0.29) is 0 Å². The average molecular weight is 342 g/mol. The zero-order valence-corrected chi connectivity index (χ0v) is 15.4. The van der Waals surface area contributed by atoms with Crippen LogP contribution in [0.2, 0.25) is 0 Å². The van der Waals surface area contributed by atoms with E-state index >= 15 is 0 Å². The molecule has 130 valence electrons. The monoisotopic (exact) mass is 342 g/mol.